The van der Waals surface area contributed by atoms with Crippen LogP contribution in [0.5, 0.6) is 5.75 Å². The molecule has 0 saturated heterocycles. The predicted molar refractivity (Wildman–Crippen MR) is 106 cm³/mol. The Bertz CT molecular complexity index is 1140. The van der Waals surface area contributed by atoms with E-state index in [-0.39, 0.29) is 5.52 Å². The van der Waals surface area contributed by atoms with Crippen LogP contribution < -0.4 is 4.74 Å². The number of benzene rings is 3. The number of rotatable bonds is 4. The van der Waals surface area contributed by atoms with Gasteiger partial charge >= 0.3 is 6.18 Å². The van der Waals surface area contributed by atoms with E-state index < -0.39 is 11.7 Å². The van der Waals surface area contributed by atoms with E-state index in [1.807, 2.05) is 42.5 Å². The molecule has 0 atom stereocenters. The van der Waals surface area contributed by atoms with E-state index in [2.05, 4.69) is 10.2 Å². The van der Waals surface area contributed by atoms with Crippen LogP contribution >= 0.6 is 0 Å². The lowest BCUT2D eigenvalue weighted by Crippen LogP contribution is -2.09. The lowest BCUT2D eigenvalue weighted by atomic mass is 9.94. The number of hydrogen-bond acceptors (Lipinski definition) is 3. The van der Waals surface area contributed by atoms with Crippen molar-refractivity contribution < 1.29 is 17.9 Å². The van der Waals surface area contributed by atoms with Crippen LogP contribution in [0.3, 0.4) is 0 Å². The third kappa shape index (κ3) is 3.78. The number of ether oxygens (including phenoxy) is 1. The SMILES string of the molecule is COc1ccc(-c2c(Cc3ccccc3)nnc3c(C(F)(F)F)cccc23)cc1. The molecule has 4 aromatic rings. The van der Waals surface area contributed by atoms with Gasteiger partial charge in [-0.2, -0.15) is 18.3 Å². The maximum Gasteiger partial charge on any atom is 0.418 e. The van der Waals surface area contributed by atoms with Crippen molar-refractivity contribution in [3.8, 4) is 16.9 Å². The quantitative estimate of drug-likeness (QED) is 0.431. The maximum atomic E-state index is 13.5. The molecule has 0 aliphatic carbocycles. The van der Waals surface area contributed by atoms with Gasteiger partial charge in [-0.05, 0) is 29.3 Å². The number of alkyl halides is 3. The summed E-state index contributed by atoms with van der Waals surface area (Å²) in [5, 5.41) is 8.61. The van der Waals surface area contributed by atoms with E-state index in [4.69, 9.17) is 4.74 Å². The maximum absolute atomic E-state index is 13.5. The highest BCUT2D eigenvalue weighted by Crippen LogP contribution is 2.38. The number of hydrogen-bond donors (Lipinski definition) is 0. The average Bonchev–Trinajstić information content (AvgIpc) is 2.73. The van der Waals surface area contributed by atoms with Crippen LogP contribution in [-0.2, 0) is 12.6 Å². The fraction of sp³-hybridized carbons (Fsp3) is 0.130. The van der Waals surface area contributed by atoms with Crippen LogP contribution in [0.2, 0.25) is 0 Å². The van der Waals surface area contributed by atoms with Gasteiger partial charge in [-0.3, -0.25) is 0 Å². The molecule has 0 N–H and O–H groups in total. The highest BCUT2D eigenvalue weighted by molar-refractivity contribution is 5.97. The van der Waals surface area contributed by atoms with Crippen molar-refractivity contribution in [2.75, 3.05) is 7.11 Å². The lowest BCUT2D eigenvalue weighted by Gasteiger charge is -2.15. The zero-order valence-electron chi connectivity index (χ0n) is 15.6. The van der Waals surface area contributed by atoms with Gasteiger partial charge in [-0.1, -0.05) is 54.6 Å². The first-order valence-corrected chi connectivity index (χ1v) is 9.01. The highest BCUT2D eigenvalue weighted by atomic mass is 19.4. The second-order valence-electron chi connectivity index (χ2n) is 6.61. The molecule has 0 fully saturated rings. The number of aromatic nitrogens is 2. The zero-order chi connectivity index (χ0) is 20.4. The molecule has 1 aromatic heterocycles. The third-order valence-corrected chi connectivity index (χ3v) is 4.76. The number of halogens is 3. The van der Waals surface area contributed by atoms with E-state index >= 15 is 0 Å². The van der Waals surface area contributed by atoms with Crippen LogP contribution in [0.1, 0.15) is 16.8 Å². The molecule has 29 heavy (non-hydrogen) atoms. The van der Waals surface area contributed by atoms with Crippen molar-refractivity contribution in [3.63, 3.8) is 0 Å². The van der Waals surface area contributed by atoms with E-state index in [1.165, 1.54) is 6.07 Å². The van der Waals surface area contributed by atoms with Crippen molar-refractivity contribution in [1.82, 2.24) is 10.2 Å². The minimum absolute atomic E-state index is 0.150. The molecule has 6 heteroatoms. The highest BCUT2D eigenvalue weighted by Gasteiger charge is 2.34. The summed E-state index contributed by atoms with van der Waals surface area (Å²) in [5.41, 5.74) is 2.09. The second kappa shape index (κ2) is 7.54. The Morgan fingerprint density at radius 3 is 2.21 bits per heavy atom. The summed E-state index contributed by atoms with van der Waals surface area (Å²) in [7, 11) is 1.56. The number of nitrogens with zero attached hydrogens (tertiary/aromatic N) is 2. The van der Waals surface area contributed by atoms with Gasteiger partial charge in [0.05, 0.1) is 18.4 Å². The summed E-state index contributed by atoms with van der Waals surface area (Å²) in [5.74, 6) is 0.667. The van der Waals surface area contributed by atoms with Gasteiger partial charge < -0.3 is 4.74 Å². The Labute approximate surface area is 165 Å². The van der Waals surface area contributed by atoms with Crippen LogP contribution in [-0.4, -0.2) is 17.3 Å². The van der Waals surface area contributed by atoms with E-state index in [9.17, 15) is 13.2 Å². The summed E-state index contributed by atoms with van der Waals surface area (Å²) < 4.78 is 45.7. The summed E-state index contributed by atoms with van der Waals surface area (Å²) in [4.78, 5) is 0. The van der Waals surface area contributed by atoms with E-state index in [0.717, 1.165) is 17.2 Å². The predicted octanol–water partition coefficient (Wildman–Crippen LogP) is 5.92. The fourth-order valence-corrected chi connectivity index (χ4v) is 3.39. The van der Waals surface area contributed by atoms with Crippen molar-refractivity contribution in [1.29, 1.82) is 0 Å². The fourth-order valence-electron chi connectivity index (χ4n) is 3.39. The Balaban J connectivity index is 1.97. The minimum atomic E-state index is -4.51. The minimum Gasteiger partial charge on any atom is -0.497 e. The van der Waals surface area contributed by atoms with Gasteiger partial charge in [0.2, 0.25) is 0 Å². The molecule has 0 unspecified atom stereocenters. The molecular weight excluding hydrogens is 377 g/mol. The topological polar surface area (TPSA) is 35.0 Å². The Morgan fingerprint density at radius 1 is 0.828 bits per heavy atom. The first-order chi connectivity index (χ1) is 14.0. The Morgan fingerprint density at radius 2 is 1.55 bits per heavy atom. The van der Waals surface area contributed by atoms with Crippen LogP contribution in [0.25, 0.3) is 22.0 Å². The molecule has 0 radical (unpaired) electrons. The average molecular weight is 394 g/mol. The number of methoxy groups -OCH3 is 1. The molecule has 0 saturated carbocycles. The van der Waals surface area contributed by atoms with E-state index in [1.54, 1.807) is 25.3 Å². The smallest absolute Gasteiger partial charge is 0.418 e. The molecule has 0 spiro atoms. The van der Waals surface area contributed by atoms with Crippen molar-refractivity contribution in [2.24, 2.45) is 0 Å². The zero-order valence-corrected chi connectivity index (χ0v) is 15.6. The van der Waals surface area contributed by atoms with Crippen LogP contribution in [0, 0.1) is 0 Å². The molecule has 3 aromatic carbocycles. The summed E-state index contributed by atoms with van der Waals surface area (Å²) in [6.07, 6.45) is -4.05. The first-order valence-electron chi connectivity index (χ1n) is 9.01. The van der Waals surface area contributed by atoms with Gasteiger partial charge in [-0.25, -0.2) is 0 Å². The second-order valence-corrected chi connectivity index (χ2v) is 6.61. The van der Waals surface area contributed by atoms with Gasteiger partial charge in [0, 0.05) is 17.4 Å². The van der Waals surface area contributed by atoms with Crippen LogP contribution in [0.4, 0.5) is 13.2 Å². The largest absolute Gasteiger partial charge is 0.497 e. The van der Waals surface area contributed by atoms with Crippen molar-refractivity contribution in [3.05, 3.63) is 89.6 Å². The molecule has 0 amide bonds. The third-order valence-electron chi connectivity index (χ3n) is 4.76. The lowest BCUT2D eigenvalue weighted by molar-refractivity contribution is -0.136. The summed E-state index contributed by atoms with van der Waals surface area (Å²) >= 11 is 0. The van der Waals surface area contributed by atoms with Gasteiger partial charge in [0.1, 0.15) is 11.3 Å². The van der Waals surface area contributed by atoms with Crippen molar-refractivity contribution >= 4 is 10.9 Å². The molecule has 0 aliphatic rings. The molecule has 0 aliphatic heterocycles. The Kier molecular flexibility index (Phi) is 4.92. The normalized spacial score (nSPS) is 11.6. The van der Waals surface area contributed by atoms with Crippen LogP contribution in [0.15, 0.2) is 72.8 Å². The molecular formula is C23H17F3N2O. The standard InChI is InChI=1S/C23H17F3N2O/c1-29-17-12-10-16(11-13-17)21-18-8-5-9-19(23(24,25)26)22(18)28-27-20(21)14-15-6-3-2-4-7-15/h2-13H,14H2,1H3. The molecule has 4 rings (SSSR count). The molecule has 146 valence electrons. The first kappa shape index (κ1) is 18.9. The Hall–Kier alpha value is -3.41. The van der Waals surface area contributed by atoms with Gasteiger partial charge in [0.15, 0.2) is 0 Å². The summed E-state index contributed by atoms with van der Waals surface area (Å²) in [6.45, 7) is 0. The molecule has 0 bridgehead atoms. The monoisotopic (exact) mass is 394 g/mol. The van der Waals surface area contributed by atoms with Gasteiger partial charge in [-0.15, -0.1) is 5.10 Å². The van der Waals surface area contributed by atoms with Crippen molar-refractivity contribution in [2.45, 2.75) is 12.6 Å². The van der Waals surface area contributed by atoms with E-state index in [0.29, 0.717) is 28.8 Å². The number of fused-ring (bicyclic) bond motifs is 1. The molecule has 3 nitrogen and oxygen atoms in total. The summed E-state index contributed by atoms with van der Waals surface area (Å²) in [6, 6.07) is 21.0. The molecule has 1 heterocycles. The van der Waals surface area contributed by atoms with Gasteiger partial charge in [0.25, 0.3) is 0 Å².